The number of rotatable bonds is 2. The van der Waals surface area contributed by atoms with Gasteiger partial charge in [-0.05, 0) is 25.0 Å². The molecule has 0 fully saturated rings. The monoisotopic (exact) mass is 272 g/mol. The number of carbonyl (C=O) groups is 1. The molecule has 0 radical (unpaired) electrons. The maximum absolute atomic E-state index is 11.8. The number of esters is 1. The number of ether oxygens (including phenoxy) is 1. The summed E-state index contributed by atoms with van der Waals surface area (Å²) < 4.78 is 6.75. The SMILES string of the molecule is COC(=O)C1CCCc2nc(-c3cccc(O)c3)cn21. The molecule has 1 atom stereocenters. The Balaban J connectivity index is 2.01. The lowest BCUT2D eigenvalue weighted by Crippen LogP contribution is -2.25. The van der Waals surface area contributed by atoms with E-state index < -0.39 is 0 Å². The Hall–Kier alpha value is -2.30. The van der Waals surface area contributed by atoms with Gasteiger partial charge in [0.25, 0.3) is 0 Å². The number of nitrogens with zero attached hydrogens (tertiary/aromatic N) is 2. The summed E-state index contributed by atoms with van der Waals surface area (Å²) in [6, 6.07) is 6.67. The molecule has 1 aromatic heterocycles. The third kappa shape index (κ3) is 2.15. The number of aromatic nitrogens is 2. The molecule has 0 saturated heterocycles. The van der Waals surface area contributed by atoms with Gasteiger partial charge in [0.05, 0.1) is 12.8 Å². The van der Waals surface area contributed by atoms with Crippen LogP contribution < -0.4 is 0 Å². The van der Waals surface area contributed by atoms with Crippen molar-refractivity contribution in [3.8, 4) is 17.0 Å². The summed E-state index contributed by atoms with van der Waals surface area (Å²) in [6.07, 6.45) is 4.42. The summed E-state index contributed by atoms with van der Waals surface area (Å²) >= 11 is 0. The molecule has 0 bridgehead atoms. The van der Waals surface area contributed by atoms with Crippen molar-refractivity contribution >= 4 is 5.97 Å². The Morgan fingerprint density at radius 1 is 1.50 bits per heavy atom. The fourth-order valence-electron chi connectivity index (χ4n) is 2.65. The second kappa shape index (κ2) is 5.00. The number of fused-ring (bicyclic) bond motifs is 1. The summed E-state index contributed by atoms with van der Waals surface area (Å²) in [4.78, 5) is 16.4. The van der Waals surface area contributed by atoms with E-state index in [1.54, 1.807) is 18.2 Å². The van der Waals surface area contributed by atoms with Crippen molar-refractivity contribution in [1.82, 2.24) is 9.55 Å². The van der Waals surface area contributed by atoms with E-state index in [9.17, 15) is 9.90 Å². The minimum absolute atomic E-state index is 0.206. The van der Waals surface area contributed by atoms with Gasteiger partial charge in [-0.2, -0.15) is 0 Å². The molecule has 0 spiro atoms. The lowest BCUT2D eigenvalue weighted by Gasteiger charge is -2.22. The number of aryl methyl sites for hydroxylation is 1. The Kier molecular flexibility index (Phi) is 3.18. The molecule has 1 unspecified atom stereocenters. The van der Waals surface area contributed by atoms with Crippen LogP contribution in [0.5, 0.6) is 5.75 Å². The van der Waals surface area contributed by atoms with Crippen LogP contribution in [-0.4, -0.2) is 27.7 Å². The molecular formula is C15H16N2O3. The number of methoxy groups -OCH3 is 1. The largest absolute Gasteiger partial charge is 0.508 e. The predicted octanol–water partition coefficient (Wildman–Crippen LogP) is 2.31. The predicted molar refractivity (Wildman–Crippen MR) is 73.3 cm³/mol. The number of aromatic hydroxyl groups is 1. The lowest BCUT2D eigenvalue weighted by atomic mass is 10.1. The number of phenols is 1. The minimum Gasteiger partial charge on any atom is -0.508 e. The van der Waals surface area contributed by atoms with Crippen molar-refractivity contribution in [2.45, 2.75) is 25.3 Å². The van der Waals surface area contributed by atoms with Crippen LogP contribution in [0, 0.1) is 0 Å². The van der Waals surface area contributed by atoms with E-state index in [1.807, 2.05) is 16.8 Å². The van der Waals surface area contributed by atoms with Crippen LogP contribution in [0.25, 0.3) is 11.3 Å². The lowest BCUT2D eigenvalue weighted by molar-refractivity contribution is -0.145. The van der Waals surface area contributed by atoms with Gasteiger partial charge in [-0.15, -0.1) is 0 Å². The molecule has 2 heterocycles. The Morgan fingerprint density at radius 2 is 2.35 bits per heavy atom. The summed E-state index contributed by atoms with van der Waals surface area (Å²) in [5.41, 5.74) is 1.61. The zero-order valence-corrected chi connectivity index (χ0v) is 11.2. The molecule has 3 rings (SSSR count). The van der Waals surface area contributed by atoms with Crippen LogP contribution >= 0.6 is 0 Å². The van der Waals surface area contributed by atoms with Gasteiger partial charge >= 0.3 is 5.97 Å². The van der Waals surface area contributed by atoms with Gasteiger partial charge in [0.1, 0.15) is 17.6 Å². The molecule has 1 aromatic carbocycles. The molecule has 5 nitrogen and oxygen atoms in total. The normalized spacial score (nSPS) is 17.6. The summed E-state index contributed by atoms with van der Waals surface area (Å²) in [5, 5.41) is 9.55. The first-order chi connectivity index (χ1) is 9.69. The van der Waals surface area contributed by atoms with E-state index in [0.717, 1.165) is 36.3 Å². The van der Waals surface area contributed by atoms with Crippen LogP contribution in [-0.2, 0) is 16.0 Å². The highest BCUT2D eigenvalue weighted by Crippen LogP contribution is 2.30. The van der Waals surface area contributed by atoms with Crippen LogP contribution in [0.3, 0.4) is 0 Å². The maximum atomic E-state index is 11.8. The highest BCUT2D eigenvalue weighted by atomic mass is 16.5. The average Bonchev–Trinajstić information content (AvgIpc) is 2.90. The molecular weight excluding hydrogens is 256 g/mol. The third-order valence-corrected chi connectivity index (χ3v) is 3.64. The fourth-order valence-corrected chi connectivity index (χ4v) is 2.65. The molecule has 2 aromatic rings. The molecule has 1 aliphatic heterocycles. The Morgan fingerprint density at radius 3 is 3.10 bits per heavy atom. The van der Waals surface area contributed by atoms with Crippen LogP contribution in [0.2, 0.25) is 0 Å². The van der Waals surface area contributed by atoms with Gasteiger partial charge in [0, 0.05) is 18.2 Å². The van der Waals surface area contributed by atoms with E-state index in [1.165, 1.54) is 7.11 Å². The second-order valence-corrected chi connectivity index (χ2v) is 4.93. The number of hydrogen-bond acceptors (Lipinski definition) is 4. The smallest absolute Gasteiger partial charge is 0.328 e. The Bertz CT molecular complexity index is 648. The summed E-state index contributed by atoms with van der Waals surface area (Å²) in [7, 11) is 1.41. The zero-order valence-electron chi connectivity index (χ0n) is 11.2. The molecule has 104 valence electrons. The standard InChI is InChI=1S/C15H16N2O3/c1-20-15(19)13-6-3-7-14-16-12(9-17(13)14)10-4-2-5-11(18)8-10/h2,4-5,8-9,13,18H,3,6-7H2,1H3. The zero-order chi connectivity index (χ0) is 14.1. The van der Waals surface area contributed by atoms with Crippen LogP contribution in [0.15, 0.2) is 30.5 Å². The second-order valence-electron chi connectivity index (χ2n) is 4.93. The van der Waals surface area contributed by atoms with E-state index in [2.05, 4.69) is 4.98 Å². The topological polar surface area (TPSA) is 64.3 Å². The fraction of sp³-hybridized carbons (Fsp3) is 0.333. The molecule has 1 aliphatic rings. The molecule has 5 heteroatoms. The van der Waals surface area contributed by atoms with Crippen molar-refractivity contribution in [2.75, 3.05) is 7.11 Å². The first-order valence-electron chi connectivity index (χ1n) is 6.64. The van der Waals surface area contributed by atoms with Crippen molar-refractivity contribution in [1.29, 1.82) is 0 Å². The van der Waals surface area contributed by atoms with Gasteiger partial charge in [0.2, 0.25) is 0 Å². The van der Waals surface area contributed by atoms with Gasteiger partial charge in [0.15, 0.2) is 0 Å². The third-order valence-electron chi connectivity index (χ3n) is 3.64. The van der Waals surface area contributed by atoms with Gasteiger partial charge in [-0.25, -0.2) is 9.78 Å². The number of imidazole rings is 1. The van der Waals surface area contributed by atoms with E-state index in [0.29, 0.717) is 0 Å². The highest BCUT2D eigenvalue weighted by Gasteiger charge is 2.28. The van der Waals surface area contributed by atoms with Crippen molar-refractivity contribution in [3.05, 3.63) is 36.3 Å². The highest BCUT2D eigenvalue weighted by molar-refractivity contribution is 5.74. The number of hydrogen-bond donors (Lipinski definition) is 1. The first-order valence-corrected chi connectivity index (χ1v) is 6.64. The van der Waals surface area contributed by atoms with E-state index >= 15 is 0 Å². The van der Waals surface area contributed by atoms with Gasteiger partial charge in [-0.3, -0.25) is 0 Å². The van der Waals surface area contributed by atoms with Gasteiger partial charge < -0.3 is 14.4 Å². The Labute approximate surface area is 116 Å². The summed E-state index contributed by atoms with van der Waals surface area (Å²) in [5.74, 6) is 0.869. The van der Waals surface area contributed by atoms with Crippen molar-refractivity contribution in [3.63, 3.8) is 0 Å². The number of phenolic OH excluding ortho intramolecular Hbond substituents is 1. The molecule has 1 N–H and O–H groups in total. The van der Waals surface area contributed by atoms with E-state index in [4.69, 9.17) is 4.74 Å². The molecule has 20 heavy (non-hydrogen) atoms. The van der Waals surface area contributed by atoms with Crippen molar-refractivity contribution in [2.24, 2.45) is 0 Å². The minimum atomic E-state index is -0.290. The first kappa shape index (κ1) is 12.7. The number of carbonyl (C=O) groups excluding carboxylic acids is 1. The van der Waals surface area contributed by atoms with E-state index in [-0.39, 0.29) is 17.8 Å². The molecule has 0 saturated carbocycles. The van der Waals surface area contributed by atoms with Crippen molar-refractivity contribution < 1.29 is 14.6 Å². The number of benzene rings is 1. The quantitative estimate of drug-likeness (QED) is 0.852. The summed E-state index contributed by atoms with van der Waals surface area (Å²) in [6.45, 7) is 0. The molecule has 0 amide bonds. The molecule has 0 aliphatic carbocycles. The van der Waals surface area contributed by atoms with Crippen LogP contribution in [0.1, 0.15) is 24.7 Å². The van der Waals surface area contributed by atoms with Gasteiger partial charge in [-0.1, -0.05) is 12.1 Å². The maximum Gasteiger partial charge on any atom is 0.328 e. The average molecular weight is 272 g/mol. The van der Waals surface area contributed by atoms with Crippen LogP contribution in [0.4, 0.5) is 0 Å².